The van der Waals surface area contributed by atoms with Crippen molar-refractivity contribution in [3.63, 3.8) is 0 Å². The number of hydrogen-bond acceptors (Lipinski definition) is 2. The number of hydrogen-bond donors (Lipinski definition) is 1. The van der Waals surface area contributed by atoms with Crippen LogP contribution in [0.4, 0.5) is 0 Å². The highest BCUT2D eigenvalue weighted by Gasteiger charge is 2.36. The molecule has 1 N–H and O–H groups in total. The third-order valence-corrected chi connectivity index (χ3v) is 8.02. The van der Waals surface area contributed by atoms with E-state index in [1.54, 1.807) is 0 Å². The predicted octanol–water partition coefficient (Wildman–Crippen LogP) is 1.83. The minimum atomic E-state index is -2.61. The van der Waals surface area contributed by atoms with Gasteiger partial charge in [0.1, 0.15) is 0 Å². The number of rotatable bonds is 5. The average molecular weight is 297 g/mol. The summed E-state index contributed by atoms with van der Waals surface area (Å²) >= 11 is 0. The molecule has 0 spiro atoms. The molecule has 3 rings (SSSR count). The van der Waals surface area contributed by atoms with Gasteiger partial charge in [0, 0.05) is 0 Å². The molecule has 0 aliphatic carbocycles. The maximum absolute atomic E-state index is 11.5. The van der Waals surface area contributed by atoms with Crippen molar-refractivity contribution in [2.45, 2.75) is 18.9 Å². The molecule has 0 unspecified atom stereocenters. The van der Waals surface area contributed by atoms with Crippen molar-refractivity contribution in [3.05, 3.63) is 60.7 Å². The molecular weight excluding hydrogens is 274 g/mol. The SMILES string of the molecule is O[Si](CCN1CCCC1)(c1ccccc1)c1ccccc1. The Labute approximate surface area is 128 Å². The first-order valence-electron chi connectivity index (χ1n) is 7.85. The molecule has 2 nitrogen and oxygen atoms in total. The second-order valence-corrected chi connectivity index (χ2v) is 9.27. The summed E-state index contributed by atoms with van der Waals surface area (Å²) in [5.41, 5.74) is 0. The highest BCUT2D eigenvalue weighted by Crippen LogP contribution is 2.13. The number of nitrogens with zero attached hydrogens (tertiary/aromatic N) is 1. The van der Waals surface area contributed by atoms with E-state index in [4.69, 9.17) is 0 Å². The monoisotopic (exact) mass is 297 g/mol. The molecule has 2 aromatic carbocycles. The quantitative estimate of drug-likeness (QED) is 0.851. The first-order chi connectivity index (χ1) is 10.3. The van der Waals surface area contributed by atoms with E-state index in [0.717, 1.165) is 23.0 Å². The molecule has 1 saturated heterocycles. The summed E-state index contributed by atoms with van der Waals surface area (Å²) in [6.45, 7) is 3.38. The van der Waals surface area contributed by atoms with Crippen molar-refractivity contribution in [3.8, 4) is 0 Å². The maximum Gasteiger partial charge on any atom is 0.253 e. The van der Waals surface area contributed by atoms with E-state index in [-0.39, 0.29) is 0 Å². The highest BCUT2D eigenvalue weighted by atomic mass is 28.4. The van der Waals surface area contributed by atoms with Gasteiger partial charge in [0.25, 0.3) is 8.32 Å². The summed E-state index contributed by atoms with van der Waals surface area (Å²) in [5.74, 6) is 0. The first kappa shape index (κ1) is 14.5. The molecule has 21 heavy (non-hydrogen) atoms. The molecule has 0 radical (unpaired) electrons. The largest absolute Gasteiger partial charge is 0.424 e. The van der Waals surface area contributed by atoms with E-state index in [2.05, 4.69) is 29.2 Å². The van der Waals surface area contributed by atoms with Crippen molar-refractivity contribution >= 4 is 18.7 Å². The Bertz CT molecular complexity index is 512. The van der Waals surface area contributed by atoms with Crippen LogP contribution in [-0.4, -0.2) is 37.6 Å². The Morgan fingerprint density at radius 2 is 1.29 bits per heavy atom. The maximum atomic E-state index is 11.5. The van der Waals surface area contributed by atoms with Crippen LogP contribution in [0.3, 0.4) is 0 Å². The Balaban J connectivity index is 1.87. The Morgan fingerprint density at radius 1 is 0.810 bits per heavy atom. The summed E-state index contributed by atoms with van der Waals surface area (Å²) in [5, 5.41) is 2.24. The summed E-state index contributed by atoms with van der Waals surface area (Å²) in [6, 6.07) is 21.4. The van der Waals surface area contributed by atoms with Crippen LogP contribution in [0.1, 0.15) is 12.8 Å². The zero-order valence-electron chi connectivity index (χ0n) is 12.4. The van der Waals surface area contributed by atoms with Gasteiger partial charge in [-0.1, -0.05) is 60.7 Å². The van der Waals surface area contributed by atoms with Crippen molar-refractivity contribution < 1.29 is 4.80 Å². The normalized spacial score (nSPS) is 16.2. The number of benzene rings is 2. The van der Waals surface area contributed by atoms with Gasteiger partial charge in [-0.15, -0.1) is 0 Å². The molecule has 1 aliphatic heterocycles. The van der Waals surface area contributed by atoms with Crippen molar-refractivity contribution in [1.29, 1.82) is 0 Å². The van der Waals surface area contributed by atoms with Gasteiger partial charge in [0.05, 0.1) is 0 Å². The van der Waals surface area contributed by atoms with Crippen LogP contribution in [0.25, 0.3) is 0 Å². The number of likely N-dealkylation sites (tertiary alicyclic amines) is 1. The standard InChI is InChI=1S/C18H23NOSi/c20-21(17-9-3-1-4-10-17,18-11-5-2-6-12-18)16-15-19-13-7-8-14-19/h1-6,9-12,20H,7-8,13-16H2. The molecule has 3 heteroatoms. The first-order valence-corrected chi connectivity index (χ1v) is 10.0. The second kappa shape index (κ2) is 6.56. The zero-order valence-corrected chi connectivity index (χ0v) is 13.4. The van der Waals surface area contributed by atoms with Gasteiger partial charge in [0.2, 0.25) is 0 Å². The van der Waals surface area contributed by atoms with Crippen molar-refractivity contribution in [1.82, 2.24) is 4.90 Å². The lowest BCUT2D eigenvalue weighted by Crippen LogP contribution is -2.59. The molecule has 1 heterocycles. The molecule has 0 saturated carbocycles. The molecule has 1 aliphatic rings. The zero-order chi connectivity index (χ0) is 14.5. The highest BCUT2D eigenvalue weighted by molar-refractivity contribution is 6.96. The second-order valence-electron chi connectivity index (χ2n) is 5.89. The fourth-order valence-corrected chi connectivity index (χ4v) is 6.25. The minimum Gasteiger partial charge on any atom is -0.424 e. The molecule has 110 valence electrons. The summed E-state index contributed by atoms with van der Waals surface area (Å²) in [7, 11) is -2.61. The van der Waals surface area contributed by atoms with Crippen LogP contribution >= 0.6 is 0 Å². The third kappa shape index (κ3) is 3.26. The molecular formula is C18H23NOSi. The van der Waals surface area contributed by atoms with E-state index in [9.17, 15) is 4.80 Å². The van der Waals surface area contributed by atoms with Crippen LogP contribution in [-0.2, 0) is 0 Å². The van der Waals surface area contributed by atoms with Crippen LogP contribution in [0.5, 0.6) is 0 Å². The van der Waals surface area contributed by atoms with E-state index in [0.29, 0.717) is 0 Å². The van der Waals surface area contributed by atoms with Gasteiger partial charge < -0.3 is 9.70 Å². The van der Waals surface area contributed by atoms with E-state index >= 15 is 0 Å². The summed E-state index contributed by atoms with van der Waals surface area (Å²) in [6.07, 6.45) is 2.60. The molecule has 0 aromatic heterocycles. The predicted molar refractivity (Wildman–Crippen MR) is 90.6 cm³/mol. The van der Waals surface area contributed by atoms with E-state index in [1.807, 2.05) is 36.4 Å². The summed E-state index contributed by atoms with van der Waals surface area (Å²) < 4.78 is 0. The summed E-state index contributed by atoms with van der Waals surface area (Å²) in [4.78, 5) is 14.0. The fourth-order valence-electron chi connectivity index (χ4n) is 3.21. The third-order valence-electron chi connectivity index (χ3n) is 4.49. The Morgan fingerprint density at radius 3 is 1.76 bits per heavy atom. The fraction of sp³-hybridized carbons (Fsp3) is 0.333. The van der Waals surface area contributed by atoms with Gasteiger partial charge in [-0.05, 0) is 48.9 Å². The lowest BCUT2D eigenvalue weighted by atomic mass is 10.4. The van der Waals surface area contributed by atoms with E-state index < -0.39 is 8.32 Å². The Hall–Kier alpha value is -1.42. The molecule has 0 amide bonds. The molecule has 0 atom stereocenters. The molecule has 1 fully saturated rings. The van der Waals surface area contributed by atoms with Gasteiger partial charge in [-0.25, -0.2) is 0 Å². The van der Waals surface area contributed by atoms with Gasteiger partial charge in [0.15, 0.2) is 0 Å². The average Bonchev–Trinajstić information content (AvgIpc) is 3.08. The van der Waals surface area contributed by atoms with Crippen LogP contribution < -0.4 is 10.4 Å². The van der Waals surface area contributed by atoms with Crippen molar-refractivity contribution in [2.75, 3.05) is 19.6 Å². The van der Waals surface area contributed by atoms with Crippen LogP contribution in [0, 0.1) is 0 Å². The molecule has 0 bridgehead atoms. The van der Waals surface area contributed by atoms with E-state index in [1.165, 1.54) is 25.9 Å². The van der Waals surface area contributed by atoms with Gasteiger partial charge in [-0.2, -0.15) is 0 Å². The lowest BCUT2D eigenvalue weighted by Gasteiger charge is -2.28. The minimum absolute atomic E-state index is 0.876. The lowest BCUT2D eigenvalue weighted by molar-refractivity contribution is 0.352. The molecule has 2 aromatic rings. The van der Waals surface area contributed by atoms with Gasteiger partial charge in [-0.3, -0.25) is 0 Å². The smallest absolute Gasteiger partial charge is 0.253 e. The van der Waals surface area contributed by atoms with Crippen molar-refractivity contribution in [2.24, 2.45) is 0 Å². The Kier molecular flexibility index (Phi) is 4.53. The van der Waals surface area contributed by atoms with Gasteiger partial charge >= 0.3 is 0 Å². The van der Waals surface area contributed by atoms with Crippen LogP contribution in [0.2, 0.25) is 6.04 Å². The van der Waals surface area contributed by atoms with Crippen LogP contribution in [0.15, 0.2) is 60.7 Å². The topological polar surface area (TPSA) is 23.5 Å².